The van der Waals surface area contributed by atoms with E-state index < -0.39 is 11.9 Å². The van der Waals surface area contributed by atoms with Gasteiger partial charge in [-0.15, -0.1) is 0 Å². The number of nitrogens with two attached hydrogens (primary N) is 1. The number of carbonyl (C=O) groups is 1. The molecule has 0 bridgehead atoms. The monoisotopic (exact) mass is 540 g/mol. The van der Waals surface area contributed by atoms with Gasteiger partial charge in [-0.25, -0.2) is 9.37 Å². The van der Waals surface area contributed by atoms with Gasteiger partial charge in [0.25, 0.3) is 11.5 Å². The van der Waals surface area contributed by atoms with Crippen molar-refractivity contribution >= 4 is 28.0 Å². The highest BCUT2D eigenvalue weighted by atomic mass is 19.1. The molecule has 0 radical (unpaired) electrons. The predicted molar refractivity (Wildman–Crippen MR) is 155 cm³/mol. The van der Waals surface area contributed by atoms with Crippen LogP contribution < -0.4 is 11.3 Å². The third-order valence-corrected chi connectivity index (χ3v) is 7.14. The maximum absolute atomic E-state index is 14.3. The van der Waals surface area contributed by atoms with Crippen molar-refractivity contribution in [3.8, 4) is 0 Å². The molecule has 0 aliphatic rings. The fourth-order valence-electron chi connectivity index (χ4n) is 5.15. The average molecular weight is 541 g/mol. The molecule has 0 saturated heterocycles. The highest BCUT2D eigenvalue weighted by molar-refractivity contribution is 6.02. The van der Waals surface area contributed by atoms with Crippen LogP contribution in [0.2, 0.25) is 0 Å². The van der Waals surface area contributed by atoms with E-state index in [1.54, 1.807) is 9.47 Å². The topological polar surface area (TPSA) is 94.4 Å². The van der Waals surface area contributed by atoms with E-state index in [1.165, 1.54) is 18.2 Å². The van der Waals surface area contributed by atoms with E-state index in [1.807, 2.05) is 75.4 Å². The highest BCUT2D eigenvalue weighted by Gasteiger charge is 2.33. The van der Waals surface area contributed by atoms with E-state index in [0.717, 1.165) is 11.1 Å². The largest absolute Gasteiger partial charge is 0.448 e. The van der Waals surface area contributed by atoms with Crippen LogP contribution in [0.3, 0.4) is 0 Å². The molecule has 0 saturated carbocycles. The van der Waals surface area contributed by atoms with Gasteiger partial charge in [-0.1, -0.05) is 61.9 Å². The number of fused-ring (bicyclic) bond motifs is 3. The molecule has 5 rings (SSSR count). The van der Waals surface area contributed by atoms with Crippen LogP contribution >= 0.6 is 0 Å². The Hall–Kier alpha value is -4.30. The first-order chi connectivity index (χ1) is 19.3. The van der Waals surface area contributed by atoms with Gasteiger partial charge < -0.3 is 15.1 Å². The summed E-state index contributed by atoms with van der Waals surface area (Å²) < 4.78 is 21.8. The fraction of sp³-hybridized carbons (Fsp3) is 0.281. The molecule has 0 spiro atoms. The summed E-state index contributed by atoms with van der Waals surface area (Å²) in [5, 5.41) is 0.418. The number of hydrogen-bond acceptors (Lipinski definition) is 5. The number of aryl methyl sites for hydroxylation is 1. The Morgan fingerprint density at radius 1 is 1.07 bits per heavy atom. The second-order valence-corrected chi connectivity index (χ2v) is 10.5. The summed E-state index contributed by atoms with van der Waals surface area (Å²) in [5.74, 6) is -0.323. The molecule has 0 aliphatic heterocycles. The lowest BCUT2D eigenvalue weighted by Gasteiger charge is -2.35. The summed E-state index contributed by atoms with van der Waals surface area (Å²) in [7, 11) is 0. The minimum Gasteiger partial charge on any atom is -0.448 e. The smallest absolute Gasteiger partial charge is 0.297 e. The molecule has 1 unspecified atom stereocenters. The van der Waals surface area contributed by atoms with Crippen molar-refractivity contribution in [2.24, 2.45) is 11.7 Å². The summed E-state index contributed by atoms with van der Waals surface area (Å²) >= 11 is 0. The molecule has 1 amide bonds. The second kappa shape index (κ2) is 11.4. The van der Waals surface area contributed by atoms with E-state index in [2.05, 4.69) is 0 Å². The van der Waals surface area contributed by atoms with Gasteiger partial charge in [0.2, 0.25) is 5.58 Å². The van der Waals surface area contributed by atoms with E-state index in [-0.39, 0.29) is 35.0 Å². The quantitative estimate of drug-likeness (QED) is 0.254. The minimum atomic E-state index is -0.570. The van der Waals surface area contributed by atoms with Crippen molar-refractivity contribution in [2.45, 2.75) is 39.8 Å². The summed E-state index contributed by atoms with van der Waals surface area (Å²) in [6.07, 6.45) is 0.575. The van der Waals surface area contributed by atoms with Crippen LogP contribution in [-0.4, -0.2) is 33.4 Å². The van der Waals surface area contributed by atoms with E-state index in [9.17, 15) is 14.0 Å². The normalized spacial score (nSPS) is 12.3. The number of amides is 1. The molecule has 206 valence electrons. The molecule has 8 heteroatoms. The number of rotatable bonds is 9. The van der Waals surface area contributed by atoms with Crippen LogP contribution in [-0.2, 0) is 6.54 Å². The Morgan fingerprint density at radius 2 is 1.80 bits per heavy atom. The Balaban J connectivity index is 1.76. The van der Waals surface area contributed by atoms with Crippen molar-refractivity contribution in [1.82, 2.24) is 14.5 Å². The Morgan fingerprint density at radius 3 is 2.48 bits per heavy atom. The number of carbonyl (C=O) groups excluding carboxylic acids is 1. The summed E-state index contributed by atoms with van der Waals surface area (Å²) in [5.41, 5.74) is 8.71. The van der Waals surface area contributed by atoms with E-state index in [0.29, 0.717) is 41.9 Å². The Bertz CT molecular complexity index is 1710. The van der Waals surface area contributed by atoms with Gasteiger partial charge in [-0.3, -0.25) is 14.2 Å². The standard InChI is InChI=1S/C32H33FN4O3/c1-20(2)28(36(17-7-16-34)31(38)23-12-10-21(3)11-13-23)30-35-27-25-18-24(33)14-15-26(25)40-29(27)32(39)37(30)19-22-8-5-4-6-9-22/h4-6,8-15,18,20,28H,7,16-17,19,34H2,1-3H3. The predicted octanol–water partition coefficient (Wildman–Crippen LogP) is 5.83. The van der Waals surface area contributed by atoms with Gasteiger partial charge in [0.15, 0.2) is 0 Å². The fourth-order valence-corrected chi connectivity index (χ4v) is 5.15. The first-order valence-electron chi connectivity index (χ1n) is 13.5. The summed E-state index contributed by atoms with van der Waals surface area (Å²) in [4.78, 5) is 34.8. The molecule has 5 aromatic rings. The first-order valence-corrected chi connectivity index (χ1v) is 13.5. The van der Waals surface area contributed by atoms with Crippen LogP contribution in [0.4, 0.5) is 4.39 Å². The van der Waals surface area contributed by atoms with E-state index in [4.69, 9.17) is 15.1 Å². The van der Waals surface area contributed by atoms with Crippen LogP contribution in [0.5, 0.6) is 0 Å². The summed E-state index contributed by atoms with van der Waals surface area (Å²) in [6, 6.07) is 20.6. The van der Waals surface area contributed by atoms with Crippen LogP contribution in [0, 0.1) is 18.7 Å². The minimum absolute atomic E-state index is 0.0566. The maximum Gasteiger partial charge on any atom is 0.297 e. The molecule has 2 aromatic heterocycles. The number of benzene rings is 3. The number of halogens is 1. The molecule has 3 aromatic carbocycles. The van der Waals surface area contributed by atoms with Crippen LogP contribution in [0.15, 0.2) is 82.0 Å². The van der Waals surface area contributed by atoms with Crippen molar-refractivity contribution < 1.29 is 13.6 Å². The van der Waals surface area contributed by atoms with Gasteiger partial charge in [0, 0.05) is 17.5 Å². The molecule has 1 atom stereocenters. The van der Waals surface area contributed by atoms with Gasteiger partial charge in [0.05, 0.1) is 12.6 Å². The zero-order chi connectivity index (χ0) is 28.4. The third-order valence-electron chi connectivity index (χ3n) is 7.14. The number of furan rings is 1. The maximum atomic E-state index is 14.3. The average Bonchev–Trinajstić information content (AvgIpc) is 3.31. The Kier molecular flexibility index (Phi) is 7.80. The second-order valence-electron chi connectivity index (χ2n) is 10.5. The molecule has 0 aliphatic carbocycles. The van der Waals surface area contributed by atoms with Gasteiger partial charge >= 0.3 is 0 Å². The van der Waals surface area contributed by atoms with Crippen molar-refractivity contribution in [3.63, 3.8) is 0 Å². The Labute approximate surface area is 232 Å². The summed E-state index contributed by atoms with van der Waals surface area (Å²) in [6.45, 7) is 6.98. The van der Waals surface area contributed by atoms with Gasteiger partial charge in [-0.2, -0.15) is 0 Å². The van der Waals surface area contributed by atoms with Gasteiger partial charge in [-0.05, 0) is 61.7 Å². The zero-order valence-electron chi connectivity index (χ0n) is 22.9. The van der Waals surface area contributed by atoms with Crippen LogP contribution in [0.1, 0.15) is 53.6 Å². The lowest BCUT2D eigenvalue weighted by atomic mass is 9.98. The lowest BCUT2D eigenvalue weighted by Crippen LogP contribution is -2.42. The van der Waals surface area contributed by atoms with Crippen molar-refractivity contribution in [3.05, 3.63) is 111 Å². The molecule has 2 N–H and O–H groups in total. The van der Waals surface area contributed by atoms with Gasteiger partial charge in [0.1, 0.15) is 22.7 Å². The number of hydrogen-bond donors (Lipinski definition) is 1. The molecule has 0 fully saturated rings. The molecule has 7 nitrogen and oxygen atoms in total. The first kappa shape index (κ1) is 27.3. The molecular weight excluding hydrogens is 507 g/mol. The molecular formula is C32H33FN4O3. The molecule has 40 heavy (non-hydrogen) atoms. The van der Waals surface area contributed by atoms with E-state index >= 15 is 0 Å². The SMILES string of the molecule is Cc1ccc(C(=O)N(CCCN)C(c2nc3c(oc4ccc(F)cc43)c(=O)n2Cc2ccccc2)C(C)C)cc1. The lowest BCUT2D eigenvalue weighted by molar-refractivity contribution is 0.0602. The third kappa shape index (κ3) is 5.27. The van der Waals surface area contributed by atoms with Crippen LogP contribution in [0.25, 0.3) is 22.1 Å². The number of aromatic nitrogens is 2. The molecule has 2 heterocycles. The highest BCUT2D eigenvalue weighted by Crippen LogP contribution is 2.33. The van der Waals surface area contributed by atoms with Crippen molar-refractivity contribution in [1.29, 1.82) is 0 Å². The van der Waals surface area contributed by atoms with Crippen molar-refractivity contribution in [2.75, 3.05) is 13.1 Å². The zero-order valence-corrected chi connectivity index (χ0v) is 22.9. The number of nitrogens with zero attached hydrogens (tertiary/aromatic N) is 3.